The molecule has 4 heteroatoms. The minimum Gasteiger partial charge on any atom is 0 e. The van der Waals surface area contributed by atoms with Crippen LogP contribution in [0.2, 0.25) is 0 Å². The molecule has 0 atom stereocenters. The first-order valence-electron chi connectivity index (χ1n) is 0. The van der Waals surface area contributed by atoms with E-state index in [1.54, 1.807) is 0 Å². The Morgan fingerprint density at radius 2 is 0.500 bits per heavy atom. The van der Waals surface area contributed by atoms with Crippen molar-refractivity contribution in [1.82, 2.24) is 0 Å². The molecule has 0 fully saturated rings. The van der Waals surface area contributed by atoms with E-state index in [0.717, 1.165) is 0 Å². The summed E-state index contributed by atoms with van der Waals surface area (Å²) in [5.74, 6) is 0. The van der Waals surface area contributed by atoms with E-state index in [2.05, 4.69) is 0 Å². The summed E-state index contributed by atoms with van der Waals surface area (Å²) in [5, 5.41) is 0. The normalized spacial score (nSPS) is 0. The van der Waals surface area contributed by atoms with Crippen LogP contribution >= 0.6 is 0 Å². The summed E-state index contributed by atoms with van der Waals surface area (Å²) < 4.78 is 0. The Labute approximate surface area is 91.2 Å². The van der Waals surface area contributed by atoms with Crippen molar-refractivity contribution in [3.8, 4) is 0 Å². The predicted octanol–water partition coefficient (Wildman–Crippen LogP) is -0.0100. The molecule has 30 valence electrons. The van der Waals surface area contributed by atoms with E-state index in [1.807, 2.05) is 0 Å². The second-order valence-electron chi connectivity index (χ2n) is 0. The first-order chi connectivity index (χ1) is 0. The van der Waals surface area contributed by atoms with Crippen molar-refractivity contribution in [2.75, 3.05) is 0 Å². The quantitative estimate of drug-likeness (QED) is 0.342. The average molecular weight is 666 g/mol. The number of rotatable bonds is 0. The van der Waals surface area contributed by atoms with Gasteiger partial charge < -0.3 is 0 Å². The van der Waals surface area contributed by atoms with Gasteiger partial charge in [-0.3, -0.25) is 0 Å². The van der Waals surface area contributed by atoms with Crippen molar-refractivity contribution in [2.45, 2.75) is 0 Å². The Bertz CT molecular complexity index is 3.25. The molecule has 0 unspecified atom stereocenters. The van der Waals surface area contributed by atoms with Crippen molar-refractivity contribution in [2.24, 2.45) is 0 Å². The minimum absolute atomic E-state index is 0. The average Bonchev–Trinajstić information content (AvgIpc) is 0. The van der Waals surface area contributed by atoms with Gasteiger partial charge in [0.15, 0.2) is 0 Å². The molecule has 0 aromatic rings. The van der Waals surface area contributed by atoms with Gasteiger partial charge in [-0.05, 0) is 0 Å². The second-order valence-corrected chi connectivity index (χ2v) is 0. The molecule has 0 spiro atoms. The molecule has 0 aromatic heterocycles. The Hall–Kier alpha value is 3.05. The van der Waals surface area contributed by atoms with Crippen LogP contribution in [0.5, 0.6) is 0 Å². The third kappa shape index (κ3) is 8.90. The standard InChI is InChI=1S/3Ir.Y. The predicted molar refractivity (Wildman–Crippen MR) is 0 cm³/mol. The van der Waals surface area contributed by atoms with E-state index in [9.17, 15) is 0 Å². The third-order valence-electron chi connectivity index (χ3n) is 0. The van der Waals surface area contributed by atoms with Gasteiger partial charge >= 0.3 is 0 Å². The molecule has 4 heavy (non-hydrogen) atoms. The van der Waals surface area contributed by atoms with Crippen LogP contribution < -0.4 is 0 Å². The van der Waals surface area contributed by atoms with Crippen LogP contribution in [0.1, 0.15) is 0 Å². The maximum Gasteiger partial charge on any atom is 0 e. The monoisotopic (exact) mass is 668 g/mol. The molecule has 0 bridgehead atoms. The maximum atomic E-state index is 0. The van der Waals surface area contributed by atoms with Gasteiger partial charge in [0.05, 0.1) is 0 Å². The van der Waals surface area contributed by atoms with E-state index in [1.165, 1.54) is 0 Å². The Kier molecular flexibility index (Phi) is 115. The minimum atomic E-state index is 0. The zero-order valence-corrected chi connectivity index (χ0v) is 11.6. The largest absolute Gasteiger partial charge is 0 e. The van der Waals surface area contributed by atoms with E-state index in [4.69, 9.17) is 0 Å². The molecule has 0 aromatic carbocycles. The fourth-order valence-corrected chi connectivity index (χ4v) is 0. The van der Waals surface area contributed by atoms with Gasteiger partial charge in [0.25, 0.3) is 0 Å². The van der Waals surface area contributed by atoms with Gasteiger partial charge in [-0.1, -0.05) is 0 Å². The third-order valence-corrected chi connectivity index (χ3v) is 0. The molecule has 0 aliphatic carbocycles. The SMILES string of the molecule is [Ir].[Ir].[Ir].[Y]. The van der Waals surface area contributed by atoms with Gasteiger partial charge in [-0.15, -0.1) is 0 Å². The molecule has 0 rings (SSSR count). The summed E-state index contributed by atoms with van der Waals surface area (Å²) in [6.07, 6.45) is 0. The van der Waals surface area contributed by atoms with Gasteiger partial charge in [0.1, 0.15) is 0 Å². The van der Waals surface area contributed by atoms with E-state index in [-0.39, 0.29) is 93.0 Å². The van der Waals surface area contributed by atoms with Crippen molar-refractivity contribution < 1.29 is 93.0 Å². The fourth-order valence-electron chi connectivity index (χ4n) is 0. The van der Waals surface area contributed by atoms with Gasteiger partial charge in [-0.25, -0.2) is 0 Å². The Balaban J connectivity index is 0. The fraction of sp³-hybridized carbons (Fsp3) is 0. The van der Waals surface area contributed by atoms with Crippen molar-refractivity contribution >= 4 is 0 Å². The van der Waals surface area contributed by atoms with Crippen molar-refractivity contribution in [1.29, 1.82) is 0 Å². The van der Waals surface area contributed by atoms with Crippen LogP contribution in [0.4, 0.5) is 0 Å². The second kappa shape index (κ2) is 16.6. The van der Waals surface area contributed by atoms with Gasteiger partial charge in [0, 0.05) is 93.0 Å². The zero-order chi connectivity index (χ0) is 0. The molecule has 0 heterocycles. The summed E-state index contributed by atoms with van der Waals surface area (Å²) >= 11 is 0. The van der Waals surface area contributed by atoms with Crippen LogP contribution in [0, 0.1) is 0 Å². The van der Waals surface area contributed by atoms with Crippen LogP contribution in [-0.4, -0.2) is 0 Å². The molecule has 0 saturated heterocycles. The Morgan fingerprint density at radius 1 is 0.500 bits per heavy atom. The van der Waals surface area contributed by atoms with Crippen molar-refractivity contribution in [3.63, 3.8) is 0 Å². The Morgan fingerprint density at radius 3 is 0.500 bits per heavy atom. The topological polar surface area (TPSA) is 0 Å². The van der Waals surface area contributed by atoms with Crippen molar-refractivity contribution in [3.05, 3.63) is 0 Å². The van der Waals surface area contributed by atoms with Crippen LogP contribution in [0.3, 0.4) is 0 Å². The molecule has 0 nitrogen and oxygen atoms in total. The number of hydrogen-bond donors (Lipinski definition) is 0. The first-order valence-corrected chi connectivity index (χ1v) is 0. The smallest absolute Gasteiger partial charge is 0 e. The number of hydrogen-bond acceptors (Lipinski definition) is 0. The van der Waals surface area contributed by atoms with Gasteiger partial charge in [-0.2, -0.15) is 0 Å². The van der Waals surface area contributed by atoms with E-state index < -0.39 is 0 Å². The molecule has 0 N–H and O–H groups in total. The van der Waals surface area contributed by atoms with E-state index >= 15 is 0 Å². The molecule has 4 radical (unpaired) electrons. The zero-order valence-electron chi connectivity index (χ0n) is 1.58. The first kappa shape index (κ1) is 27.7. The van der Waals surface area contributed by atoms with Crippen LogP contribution in [0.15, 0.2) is 0 Å². The summed E-state index contributed by atoms with van der Waals surface area (Å²) in [4.78, 5) is 0. The molecule has 0 saturated carbocycles. The van der Waals surface area contributed by atoms with Crippen LogP contribution in [-0.2, 0) is 93.0 Å². The summed E-state index contributed by atoms with van der Waals surface area (Å²) in [5.41, 5.74) is 0. The maximum absolute atomic E-state index is 0. The summed E-state index contributed by atoms with van der Waals surface area (Å²) in [6, 6.07) is 0. The summed E-state index contributed by atoms with van der Waals surface area (Å²) in [6.45, 7) is 0. The molecule has 0 aliphatic heterocycles. The molecule has 0 amide bonds. The van der Waals surface area contributed by atoms with Gasteiger partial charge in [0.2, 0.25) is 0 Å². The van der Waals surface area contributed by atoms with E-state index in [0.29, 0.717) is 0 Å². The molecular weight excluding hydrogens is 666 g/mol. The summed E-state index contributed by atoms with van der Waals surface area (Å²) in [7, 11) is 0. The molecule has 0 aliphatic rings. The van der Waals surface area contributed by atoms with Crippen LogP contribution in [0.25, 0.3) is 0 Å². The molecular formula is Ir3Y.